The molecule has 1 aliphatic rings. The summed E-state index contributed by atoms with van der Waals surface area (Å²) in [6, 6.07) is 8.73. The molecule has 1 saturated heterocycles. The highest BCUT2D eigenvalue weighted by Gasteiger charge is 2.32. The van der Waals surface area contributed by atoms with E-state index < -0.39 is 0 Å². The van der Waals surface area contributed by atoms with Crippen LogP contribution in [0.15, 0.2) is 40.2 Å². The SMILES string of the molecule is CCCN=C1S/C(=C\c2cc(C)n(-c3ccccc3F)c2C)C(=O)N1CCC. The Bertz CT molecular complexity index is 945. The summed E-state index contributed by atoms with van der Waals surface area (Å²) in [4.78, 5) is 19.9. The van der Waals surface area contributed by atoms with Crippen LogP contribution in [-0.4, -0.2) is 33.6 Å². The number of thioether (sulfide) groups is 1. The molecule has 0 bridgehead atoms. The molecule has 4 nitrogen and oxygen atoms in total. The van der Waals surface area contributed by atoms with Crippen molar-refractivity contribution in [3.63, 3.8) is 0 Å². The Morgan fingerprint density at radius 1 is 1.18 bits per heavy atom. The maximum atomic E-state index is 14.3. The highest BCUT2D eigenvalue weighted by molar-refractivity contribution is 8.18. The summed E-state index contributed by atoms with van der Waals surface area (Å²) in [5, 5.41) is 0.780. The van der Waals surface area contributed by atoms with Crippen LogP contribution in [0.3, 0.4) is 0 Å². The van der Waals surface area contributed by atoms with Gasteiger partial charge >= 0.3 is 0 Å². The molecule has 0 aliphatic carbocycles. The first kappa shape index (κ1) is 20.4. The van der Waals surface area contributed by atoms with E-state index in [4.69, 9.17) is 0 Å². The molecular formula is C22H26FN3OS. The molecule has 0 radical (unpaired) electrons. The van der Waals surface area contributed by atoms with E-state index in [0.29, 0.717) is 23.7 Å². The number of amidine groups is 1. The molecule has 0 spiro atoms. The van der Waals surface area contributed by atoms with Crippen molar-refractivity contribution < 1.29 is 9.18 Å². The Morgan fingerprint density at radius 2 is 1.93 bits per heavy atom. The number of aromatic nitrogens is 1. The van der Waals surface area contributed by atoms with Crippen LogP contribution in [0.1, 0.15) is 43.6 Å². The first-order valence-electron chi connectivity index (χ1n) is 9.67. The fourth-order valence-electron chi connectivity index (χ4n) is 3.33. The van der Waals surface area contributed by atoms with Crippen LogP contribution < -0.4 is 0 Å². The van der Waals surface area contributed by atoms with Crippen LogP contribution in [0.2, 0.25) is 0 Å². The molecule has 0 N–H and O–H groups in total. The zero-order chi connectivity index (χ0) is 20.3. The first-order chi connectivity index (χ1) is 13.5. The number of aryl methyl sites for hydroxylation is 1. The molecule has 0 atom stereocenters. The lowest BCUT2D eigenvalue weighted by atomic mass is 10.2. The van der Waals surface area contributed by atoms with Gasteiger partial charge in [-0.05, 0) is 68.3 Å². The molecule has 3 rings (SSSR count). The lowest BCUT2D eigenvalue weighted by molar-refractivity contribution is -0.122. The van der Waals surface area contributed by atoms with Crippen LogP contribution in [0, 0.1) is 19.7 Å². The smallest absolute Gasteiger partial charge is 0.266 e. The third-order valence-electron chi connectivity index (χ3n) is 4.66. The third-order valence-corrected chi connectivity index (χ3v) is 5.70. The van der Waals surface area contributed by atoms with Crippen molar-refractivity contribution in [2.45, 2.75) is 40.5 Å². The van der Waals surface area contributed by atoms with E-state index in [1.807, 2.05) is 36.6 Å². The normalized spacial score (nSPS) is 17.3. The van der Waals surface area contributed by atoms with Gasteiger partial charge in [0.2, 0.25) is 0 Å². The number of para-hydroxylation sites is 1. The molecule has 6 heteroatoms. The van der Waals surface area contributed by atoms with Crippen LogP contribution in [0.5, 0.6) is 0 Å². The number of hydrogen-bond acceptors (Lipinski definition) is 3. The number of benzene rings is 1. The molecule has 1 aromatic carbocycles. The topological polar surface area (TPSA) is 37.6 Å². The van der Waals surface area contributed by atoms with Crippen molar-refractivity contribution in [2.75, 3.05) is 13.1 Å². The van der Waals surface area contributed by atoms with Crippen LogP contribution in [-0.2, 0) is 4.79 Å². The number of carbonyl (C=O) groups excluding carboxylic acids is 1. The third kappa shape index (κ3) is 3.92. The van der Waals surface area contributed by atoms with Gasteiger partial charge in [-0.25, -0.2) is 4.39 Å². The second-order valence-corrected chi connectivity index (χ2v) is 7.85. The van der Waals surface area contributed by atoms with Gasteiger partial charge in [0.25, 0.3) is 5.91 Å². The monoisotopic (exact) mass is 399 g/mol. The van der Waals surface area contributed by atoms with Crippen LogP contribution >= 0.6 is 11.8 Å². The Hall–Kier alpha value is -2.34. The van der Waals surface area contributed by atoms with Gasteiger partial charge in [0.15, 0.2) is 5.17 Å². The van der Waals surface area contributed by atoms with Crippen molar-refractivity contribution in [1.29, 1.82) is 0 Å². The summed E-state index contributed by atoms with van der Waals surface area (Å²) in [6.07, 6.45) is 3.73. The summed E-state index contributed by atoms with van der Waals surface area (Å²) < 4.78 is 16.2. The molecule has 0 unspecified atom stereocenters. The number of amides is 1. The van der Waals surface area contributed by atoms with Crippen molar-refractivity contribution in [2.24, 2.45) is 4.99 Å². The van der Waals surface area contributed by atoms with E-state index >= 15 is 0 Å². The molecule has 148 valence electrons. The fourth-order valence-corrected chi connectivity index (χ4v) is 4.35. The van der Waals surface area contributed by atoms with Gasteiger partial charge in [-0.2, -0.15) is 0 Å². The van der Waals surface area contributed by atoms with E-state index in [1.165, 1.54) is 17.8 Å². The summed E-state index contributed by atoms with van der Waals surface area (Å²) in [5.74, 6) is -0.268. The number of nitrogens with zero attached hydrogens (tertiary/aromatic N) is 3. The summed E-state index contributed by atoms with van der Waals surface area (Å²) >= 11 is 1.43. The average molecular weight is 400 g/mol. The predicted octanol–water partition coefficient (Wildman–Crippen LogP) is 5.33. The maximum Gasteiger partial charge on any atom is 0.266 e. The molecule has 1 amide bonds. The van der Waals surface area contributed by atoms with Crippen LogP contribution in [0.25, 0.3) is 11.8 Å². The minimum absolute atomic E-state index is 0.00241. The standard InChI is InChI=1S/C22H26FN3OS/c1-5-11-24-22-25(12-6-2)21(27)20(28-22)14-17-13-15(3)26(16(17)4)19-10-8-7-9-18(19)23/h7-10,13-14H,5-6,11-12H2,1-4H3/b20-14-,24-22?. The predicted molar refractivity (Wildman–Crippen MR) is 115 cm³/mol. The Labute approximate surface area is 170 Å². The molecule has 1 aromatic heterocycles. The Balaban J connectivity index is 1.99. The maximum absolute atomic E-state index is 14.3. The van der Waals surface area contributed by atoms with Crippen molar-refractivity contribution in [1.82, 2.24) is 9.47 Å². The Morgan fingerprint density at radius 3 is 2.61 bits per heavy atom. The van der Waals surface area contributed by atoms with Gasteiger partial charge in [0.05, 0.1) is 10.6 Å². The van der Waals surface area contributed by atoms with E-state index in [9.17, 15) is 9.18 Å². The number of aliphatic imine (C=N–C) groups is 1. The highest BCUT2D eigenvalue weighted by atomic mass is 32.2. The zero-order valence-electron chi connectivity index (χ0n) is 16.8. The van der Waals surface area contributed by atoms with Crippen molar-refractivity contribution in [3.05, 3.63) is 58.0 Å². The number of carbonyl (C=O) groups is 1. The second kappa shape index (κ2) is 8.78. The molecule has 1 aliphatic heterocycles. The van der Waals surface area contributed by atoms with E-state index in [0.717, 1.165) is 35.0 Å². The van der Waals surface area contributed by atoms with Gasteiger partial charge in [-0.15, -0.1) is 0 Å². The summed E-state index contributed by atoms with van der Waals surface area (Å²) in [6.45, 7) is 9.41. The molecule has 0 saturated carbocycles. The van der Waals surface area contributed by atoms with E-state index in [2.05, 4.69) is 18.8 Å². The summed E-state index contributed by atoms with van der Waals surface area (Å²) in [7, 11) is 0. The van der Waals surface area contributed by atoms with E-state index in [1.54, 1.807) is 17.0 Å². The lowest BCUT2D eigenvalue weighted by Crippen LogP contribution is -2.30. The minimum atomic E-state index is -0.266. The second-order valence-electron chi connectivity index (χ2n) is 6.85. The van der Waals surface area contributed by atoms with Crippen molar-refractivity contribution >= 4 is 28.9 Å². The van der Waals surface area contributed by atoms with Gasteiger partial charge in [-0.1, -0.05) is 26.0 Å². The van der Waals surface area contributed by atoms with Crippen molar-refractivity contribution in [3.8, 4) is 5.69 Å². The molecule has 2 aromatic rings. The lowest BCUT2D eigenvalue weighted by Gasteiger charge is -2.13. The average Bonchev–Trinajstić information content (AvgIpc) is 3.11. The summed E-state index contributed by atoms with van der Waals surface area (Å²) in [5.41, 5.74) is 3.27. The van der Waals surface area contributed by atoms with Gasteiger partial charge in [0, 0.05) is 24.5 Å². The van der Waals surface area contributed by atoms with Gasteiger partial charge < -0.3 is 4.57 Å². The highest BCUT2D eigenvalue weighted by Crippen LogP contribution is 2.34. The largest absolute Gasteiger partial charge is 0.315 e. The molecule has 1 fully saturated rings. The number of rotatable bonds is 6. The van der Waals surface area contributed by atoms with Gasteiger partial charge in [0.1, 0.15) is 5.82 Å². The molecular weight excluding hydrogens is 373 g/mol. The zero-order valence-corrected chi connectivity index (χ0v) is 17.6. The Kier molecular flexibility index (Phi) is 6.39. The van der Waals surface area contributed by atoms with E-state index in [-0.39, 0.29) is 11.7 Å². The number of halogens is 1. The fraction of sp³-hybridized carbons (Fsp3) is 0.364. The van der Waals surface area contributed by atoms with Crippen LogP contribution in [0.4, 0.5) is 4.39 Å². The molecule has 28 heavy (non-hydrogen) atoms. The first-order valence-corrected chi connectivity index (χ1v) is 10.5. The minimum Gasteiger partial charge on any atom is -0.315 e. The van der Waals surface area contributed by atoms with Gasteiger partial charge in [-0.3, -0.25) is 14.7 Å². The number of hydrogen-bond donors (Lipinski definition) is 0. The quantitative estimate of drug-likeness (QED) is 0.616. The molecule has 2 heterocycles.